The van der Waals surface area contributed by atoms with Gasteiger partial charge in [0.2, 0.25) is 0 Å². The first kappa shape index (κ1) is 13.3. The third-order valence-corrected chi connectivity index (χ3v) is 5.83. The number of hydrogen-bond donors (Lipinski definition) is 0. The molecule has 0 radical (unpaired) electrons. The predicted molar refractivity (Wildman–Crippen MR) is 82.0 cm³/mol. The molecule has 0 aliphatic heterocycles. The van der Waals surface area contributed by atoms with E-state index in [-0.39, 0.29) is 10.0 Å². The quantitative estimate of drug-likeness (QED) is 0.680. The van der Waals surface area contributed by atoms with Crippen molar-refractivity contribution >= 4 is 10.0 Å². The normalized spacial score (nSPS) is 38.5. The van der Waals surface area contributed by atoms with Crippen LogP contribution in [0.2, 0.25) is 0 Å². The molecule has 0 spiro atoms. The van der Waals surface area contributed by atoms with Crippen LogP contribution in [-0.4, -0.2) is 24.5 Å². The lowest BCUT2D eigenvalue weighted by molar-refractivity contribution is 0.406. The fraction of sp³-hybridized carbons (Fsp3) is 0.750. The van der Waals surface area contributed by atoms with Crippen LogP contribution in [0.3, 0.4) is 0 Å². The Morgan fingerprint density at radius 1 is 1.24 bits per heavy atom. The van der Waals surface area contributed by atoms with Gasteiger partial charge in [-0.15, -0.1) is 0 Å². The Hall–Kier alpha value is -0.170. The summed E-state index contributed by atoms with van der Waals surface area (Å²) in [5, 5.41) is 0. The largest absolute Gasteiger partial charge is 0.249 e. The minimum atomic E-state index is -0.366. The van der Waals surface area contributed by atoms with Crippen molar-refractivity contribution in [1.82, 2.24) is 0 Å². The van der Waals surface area contributed by atoms with E-state index in [1.54, 1.807) is 5.57 Å². The summed E-state index contributed by atoms with van der Waals surface area (Å²) >= 11 is 0. The molecule has 2 aliphatic carbocycles. The third-order valence-electron chi connectivity index (χ3n) is 4.40. The Labute approximate surface area is 109 Å². The van der Waals surface area contributed by atoms with Gasteiger partial charge in [0, 0.05) is 0 Å². The van der Waals surface area contributed by atoms with Crippen molar-refractivity contribution in [1.29, 1.82) is 0 Å². The second kappa shape index (κ2) is 4.50. The molecule has 0 aromatic rings. The molecule has 0 aromatic heterocycles. The van der Waals surface area contributed by atoms with Gasteiger partial charge < -0.3 is 0 Å². The maximum atomic E-state index is 2.54. The topological polar surface area (TPSA) is 0 Å². The van der Waals surface area contributed by atoms with Crippen molar-refractivity contribution < 1.29 is 0 Å². The number of hydrogen-bond acceptors (Lipinski definition) is 0. The number of rotatable bonds is 2. The van der Waals surface area contributed by atoms with Crippen molar-refractivity contribution in [3.63, 3.8) is 0 Å². The lowest BCUT2D eigenvalue weighted by Gasteiger charge is -2.34. The van der Waals surface area contributed by atoms with Gasteiger partial charge in [0.15, 0.2) is 0 Å². The molecule has 0 aromatic carbocycles. The lowest BCUT2D eigenvalue weighted by Crippen LogP contribution is -2.23. The first-order chi connectivity index (χ1) is 7.78. The second-order valence-electron chi connectivity index (χ2n) is 7.13. The molecular formula is C16H28S. The van der Waals surface area contributed by atoms with Gasteiger partial charge >= 0.3 is 0 Å². The highest BCUT2D eigenvalue weighted by Crippen LogP contribution is 2.52. The highest BCUT2D eigenvalue weighted by Gasteiger charge is 2.42. The fourth-order valence-electron chi connectivity index (χ4n) is 4.01. The van der Waals surface area contributed by atoms with Gasteiger partial charge in [0.25, 0.3) is 0 Å². The lowest BCUT2D eigenvalue weighted by atomic mass is 9.78. The molecule has 0 N–H and O–H groups in total. The molecule has 1 fully saturated rings. The van der Waals surface area contributed by atoms with E-state index < -0.39 is 0 Å². The van der Waals surface area contributed by atoms with Crippen LogP contribution in [0, 0.1) is 23.7 Å². The molecule has 2 rings (SSSR count). The van der Waals surface area contributed by atoms with Crippen molar-refractivity contribution in [2.75, 3.05) is 24.5 Å². The maximum absolute atomic E-state index is 2.54. The number of fused-ring (bicyclic) bond motifs is 1. The van der Waals surface area contributed by atoms with Crippen LogP contribution < -0.4 is 0 Å². The predicted octanol–water partition coefficient (Wildman–Crippen LogP) is 4.48. The molecule has 1 saturated carbocycles. The van der Waals surface area contributed by atoms with Gasteiger partial charge in [-0.1, -0.05) is 30.2 Å². The molecule has 4 atom stereocenters. The van der Waals surface area contributed by atoms with Gasteiger partial charge in [0.05, 0.1) is 0 Å². The second-order valence-corrected chi connectivity index (χ2v) is 11.6. The van der Waals surface area contributed by atoms with E-state index in [0.717, 1.165) is 23.7 Å². The Morgan fingerprint density at radius 3 is 2.47 bits per heavy atom. The average Bonchev–Trinajstić information content (AvgIpc) is 2.39. The molecule has 0 nitrogen and oxygen atoms in total. The van der Waals surface area contributed by atoms with Crippen LogP contribution in [0.15, 0.2) is 23.3 Å². The summed E-state index contributed by atoms with van der Waals surface area (Å²) in [7, 11) is -0.366. The van der Waals surface area contributed by atoms with E-state index in [1.165, 1.54) is 17.7 Å². The Bertz CT molecular complexity index is 356. The maximum Gasteiger partial charge on any atom is -0.0101 e. The van der Waals surface area contributed by atoms with Crippen LogP contribution >= 0.6 is 10.0 Å². The monoisotopic (exact) mass is 252 g/mol. The van der Waals surface area contributed by atoms with Gasteiger partial charge in [-0.25, -0.2) is 10.0 Å². The standard InChI is InChI=1S/C16H28S/c1-11-7-13(3)16-14(10-17(4,5)6)9-12(2)15(16)8-11/h7-8,12,14-16H,9-10H2,1-6H3. The summed E-state index contributed by atoms with van der Waals surface area (Å²) in [5.41, 5.74) is 3.13. The molecule has 0 bridgehead atoms. The molecular weight excluding hydrogens is 224 g/mol. The molecule has 4 unspecified atom stereocenters. The minimum absolute atomic E-state index is 0.366. The van der Waals surface area contributed by atoms with Crippen molar-refractivity contribution in [2.45, 2.75) is 27.2 Å². The molecule has 0 saturated heterocycles. The average molecular weight is 252 g/mol. The van der Waals surface area contributed by atoms with E-state index in [2.05, 4.69) is 51.7 Å². The molecule has 2 aliphatic rings. The van der Waals surface area contributed by atoms with Gasteiger partial charge in [0.1, 0.15) is 0 Å². The van der Waals surface area contributed by atoms with E-state index in [4.69, 9.17) is 0 Å². The van der Waals surface area contributed by atoms with Crippen LogP contribution in [0.4, 0.5) is 0 Å². The van der Waals surface area contributed by atoms with Gasteiger partial charge in [-0.05, 0) is 68.5 Å². The Kier molecular flexibility index (Phi) is 3.51. The summed E-state index contributed by atoms with van der Waals surface area (Å²) in [6.45, 7) is 7.07. The highest BCUT2D eigenvalue weighted by atomic mass is 32.3. The van der Waals surface area contributed by atoms with Crippen LogP contribution in [0.25, 0.3) is 0 Å². The Balaban J connectivity index is 2.22. The smallest absolute Gasteiger partial charge is 0.0101 e. The van der Waals surface area contributed by atoms with Gasteiger partial charge in [-0.3, -0.25) is 0 Å². The van der Waals surface area contributed by atoms with Gasteiger partial charge in [-0.2, -0.15) is 0 Å². The minimum Gasteiger partial charge on any atom is -0.249 e. The molecule has 1 heteroatoms. The fourth-order valence-corrected chi connectivity index (χ4v) is 5.64. The first-order valence-electron chi connectivity index (χ1n) is 6.80. The van der Waals surface area contributed by atoms with Crippen molar-refractivity contribution in [2.24, 2.45) is 23.7 Å². The van der Waals surface area contributed by atoms with Crippen LogP contribution in [0.5, 0.6) is 0 Å². The zero-order valence-corrected chi connectivity index (χ0v) is 13.1. The molecule has 98 valence electrons. The van der Waals surface area contributed by atoms with Crippen molar-refractivity contribution in [3.05, 3.63) is 23.3 Å². The van der Waals surface area contributed by atoms with Crippen molar-refractivity contribution in [3.8, 4) is 0 Å². The zero-order valence-electron chi connectivity index (χ0n) is 12.3. The summed E-state index contributed by atoms with van der Waals surface area (Å²) in [4.78, 5) is 0. The molecule has 17 heavy (non-hydrogen) atoms. The Morgan fingerprint density at radius 2 is 1.88 bits per heavy atom. The van der Waals surface area contributed by atoms with Crippen LogP contribution in [-0.2, 0) is 0 Å². The van der Waals surface area contributed by atoms with E-state index in [0.29, 0.717) is 0 Å². The summed E-state index contributed by atoms with van der Waals surface area (Å²) in [6, 6.07) is 0. The number of allylic oxidation sites excluding steroid dienone is 4. The molecule has 0 heterocycles. The third kappa shape index (κ3) is 2.81. The van der Waals surface area contributed by atoms with Crippen LogP contribution in [0.1, 0.15) is 27.2 Å². The SMILES string of the molecule is CC1=CC2C(C)CC(CS(C)(C)C)C2C(C)=C1. The van der Waals surface area contributed by atoms with E-state index in [9.17, 15) is 0 Å². The van der Waals surface area contributed by atoms with E-state index >= 15 is 0 Å². The van der Waals surface area contributed by atoms with E-state index in [1.807, 2.05) is 0 Å². The zero-order chi connectivity index (χ0) is 12.8. The molecule has 0 amide bonds. The summed E-state index contributed by atoms with van der Waals surface area (Å²) in [5.74, 6) is 4.94. The summed E-state index contributed by atoms with van der Waals surface area (Å²) in [6.07, 6.45) is 13.8. The summed E-state index contributed by atoms with van der Waals surface area (Å²) < 4.78 is 0. The highest BCUT2D eigenvalue weighted by molar-refractivity contribution is 8.32. The first-order valence-corrected chi connectivity index (χ1v) is 9.83.